The molecule has 5 heteroatoms. The fourth-order valence-corrected chi connectivity index (χ4v) is 6.75. The van der Waals surface area contributed by atoms with Crippen LogP contribution in [0, 0.1) is 0 Å². The lowest BCUT2D eigenvalue weighted by molar-refractivity contribution is -0.288. The van der Waals surface area contributed by atoms with Crippen molar-refractivity contribution in [3.8, 4) is 0 Å². The quantitative estimate of drug-likeness (QED) is 0.104. The molecule has 3 N–H and O–H groups in total. The van der Waals surface area contributed by atoms with Gasteiger partial charge in [-0.05, 0) is 17.5 Å². The van der Waals surface area contributed by atoms with Crippen molar-refractivity contribution in [2.75, 3.05) is 6.61 Å². The first-order valence-corrected chi connectivity index (χ1v) is 17.9. The highest BCUT2D eigenvalue weighted by molar-refractivity contribution is 5.21. The fraction of sp³-hybridized carbons (Fsp3) is 0.692. The molecule has 0 spiro atoms. The molecule has 3 rings (SSSR count). The topological polar surface area (TPSA) is 79.2 Å². The second kappa shape index (κ2) is 21.9. The van der Waals surface area contributed by atoms with E-state index >= 15 is 0 Å². The number of aliphatic hydroxyl groups is 3. The second-order valence-electron chi connectivity index (χ2n) is 13.2. The smallest absolute Gasteiger partial charge is 0.126 e. The second-order valence-corrected chi connectivity index (χ2v) is 13.2. The Balaban J connectivity index is 1.40. The van der Waals surface area contributed by atoms with Gasteiger partial charge >= 0.3 is 0 Å². The van der Waals surface area contributed by atoms with E-state index < -0.39 is 30.0 Å². The summed E-state index contributed by atoms with van der Waals surface area (Å²) in [5.74, 6) is 0. The largest absolute Gasteiger partial charge is 0.394 e. The molecular weight excluding hydrogens is 548 g/mol. The van der Waals surface area contributed by atoms with Crippen LogP contribution in [0.3, 0.4) is 0 Å². The third-order valence-corrected chi connectivity index (χ3v) is 9.42. The van der Waals surface area contributed by atoms with Crippen LogP contribution in [0.2, 0.25) is 0 Å². The van der Waals surface area contributed by atoms with Gasteiger partial charge in [0.1, 0.15) is 23.9 Å². The molecule has 1 saturated heterocycles. The predicted molar refractivity (Wildman–Crippen MR) is 181 cm³/mol. The molecule has 0 aromatic heterocycles. The summed E-state index contributed by atoms with van der Waals surface area (Å²) in [6.07, 6.45) is 20.2. The summed E-state index contributed by atoms with van der Waals surface area (Å²) in [6.45, 7) is 2.25. The van der Waals surface area contributed by atoms with E-state index in [0.29, 0.717) is 6.61 Å². The Hall–Kier alpha value is -1.76. The lowest BCUT2D eigenvalue weighted by Gasteiger charge is -2.50. The third kappa shape index (κ3) is 12.9. The van der Waals surface area contributed by atoms with Gasteiger partial charge in [0.25, 0.3) is 0 Å². The van der Waals surface area contributed by atoms with E-state index in [0.717, 1.165) is 30.4 Å². The van der Waals surface area contributed by atoms with E-state index in [2.05, 4.69) is 6.92 Å². The maximum absolute atomic E-state index is 12.1. The number of ether oxygens (including phenoxy) is 2. The van der Waals surface area contributed by atoms with Crippen molar-refractivity contribution in [1.29, 1.82) is 0 Å². The highest BCUT2D eigenvalue weighted by Gasteiger charge is 2.55. The zero-order valence-electron chi connectivity index (χ0n) is 27.6. The van der Waals surface area contributed by atoms with Gasteiger partial charge in [0.05, 0.1) is 19.3 Å². The van der Waals surface area contributed by atoms with Crippen LogP contribution in [-0.2, 0) is 22.5 Å². The van der Waals surface area contributed by atoms with E-state index in [4.69, 9.17) is 9.47 Å². The standard InChI is InChI=1S/C39H62O5/c1-2-3-4-5-6-7-8-9-10-11-12-13-14-15-16-17-24-29-35-38(43-32-34-27-22-19-23-28-34)39(42,37(41)36(31-40)44-35)30-33-25-20-18-21-26-33/h18-23,25-28,35-38,40-42H,2-17,24,29-32H2,1H3/t35?,36-,37+,38+,39+/m1/s1. The molecule has 1 heterocycles. The van der Waals surface area contributed by atoms with Crippen molar-refractivity contribution in [1.82, 2.24) is 0 Å². The normalized spacial score (nSPS) is 23.6. The maximum atomic E-state index is 12.1. The molecule has 0 aliphatic carbocycles. The van der Waals surface area contributed by atoms with Crippen molar-refractivity contribution in [3.63, 3.8) is 0 Å². The van der Waals surface area contributed by atoms with Gasteiger partial charge < -0.3 is 24.8 Å². The van der Waals surface area contributed by atoms with Crippen LogP contribution < -0.4 is 0 Å². The summed E-state index contributed by atoms with van der Waals surface area (Å²) in [6, 6.07) is 19.6. The first-order chi connectivity index (χ1) is 21.6. The van der Waals surface area contributed by atoms with Crippen LogP contribution in [-0.4, -0.2) is 51.9 Å². The Bertz CT molecular complexity index is 954. The number of benzene rings is 2. The minimum Gasteiger partial charge on any atom is -0.394 e. The van der Waals surface area contributed by atoms with Gasteiger partial charge in [-0.25, -0.2) is 0 Å². The molecule has 0 bridgehead atoms. The average molecular weight is 611 g/mol. The minimum atomic E-state index is -1.58. The van der Waals surface area contributed by atoms with Crippen LogP contribution in [0.5, 0.6) is 0 Å². The Labute approximate surface area is 268 Å². The fourth-order valence-electron chi connectivity index (χ4n) is 6.75. The number of hydrogen-bond acceptors (Lipinski definition) is 5. The van der Waals surface area contributed by atoms with E-state index in [1.165, 1.54) is 96.3 Å². The first-order valence-electron chi connectivity index (χ1n) is 17.9. The van der Waals surface area contributed by atoms with Crippen LogP contribution in [0.1, 0.15) is 134 Å². The van der Waals surface area contributed by atoms with E-state index in [-0.39, 0.29) is 13.0 Å². The Morgan fingerprint density at radius 1 is 0.636 bits per heavy atom. The van der Waals surface area contributed by atoms with Gasteiger partial charge in [-0.2, -0.15) is 0 Å². The molecule has 0 amide bonds. The number of rotatable bonds is 24. The minimum absolute atomic E-state index is 0.226. The summed E-state index contributed by atoms with van der Waals surface area (Å²) in [7, 11) is 0. The molecule has 1 aliphatic heterocycles. The monoisotopic (exact) mass is 610 g/mol. The van der Waals surface area contributed by atoms with Crippen LogP contribution >= 0.6 is 0 Å². The van der Waals surface area contributed by atoms with Crippen LogP contribution in [0.4, 0.5) is 0 Å². The van der Waals surface area contributed by atoms with Gasteiger partial charge in [0.15, 0.2) is 0 Å². The number of aliphatic hydroxyl groups excluding tert-OH is 2. The lowest BCUT2D eigenvalue weighted by Crippen LogP contribution is -2.68. The maximum Gasteiger partial charge on any atom is 0.126 e. The molecule has 1 aliphatic rings. The summed E-state index contributed by atoms with van der Waals surface area (Å²) in [5.41, 5.74) is 0.337. The lowest BCUT2D eigenvalue weighted by atomic mass is 9.76. The molecule has 2 aromatic carbocycles. The molecule has 44 heavy (non-hydrogen) atoms. The van der Waals surface area contributed by atoms with E-state index in [9.17, 15) is 15.3 Å². The number of unbranched alkanes of at least 4 members (excludes halogenated alkanes) is 16. The summed E-state index contributed by atoms with van der Waals surface area (Å²) in [4.78, 5) is 0. The van der Waals surface area contributed by atoms with E-state index in [1.54, 1.807) is 0 Å². The van der Waals surface area contributed by atoms with Crippen LogP contribution in [0.15, 0.2) is 60.7 Å². The van der Waals surface area contributed by atoms with Gasteiger partial charge in [0, 0.05) is 6.42 Å². The molecule has 5 atom stereocenters. The van der Waals surface area contributed by atoms with Gasteiger partial charge in [-0.15, -0.1) is 0 Å². The molecule has 5 nitrogen and oxygen atoms in total. The van der Waals surface area contributed by atoms with E-state index in [1.807, 2.05) is 60.7 Å². The van der Waals surface area contributed by atoms with Crippen molar-refractivity contribution in [2.45, 2.75) is 166 Å². The highest BCUT2D eigenvalue weighted by atomic mass is 16.6. The summed E-state index contributed by atoms with van der Waals surface area (Å²) < 4.78 is 12.6. The Morgan fingerprint density at radius 2 is 1.09 bits per heavy atom. The average Bonchev–Trinajstić information content (AvgIpc) is 3.04. The molecule has 0 radical (unpaired) electrons. The van der Waals surface area contributed by atoms with Gasteiger partial charge in [-0.1, -0.05) is 177 Å². The zero-order valence-corrected chi connectivity index (χ0v) is 27.6. The van der Waals surface area contributed by atoms with Crippen molar-refractivity contribution >= 4 is 0 Å². The molecule has 0 saturated carbocycles. The summed E-state index contributed by atoms with van der Waals surface area (Å²) in [5, 5.41) is 33.4. The molecule has 1 fully saturated rings. The van der Waals surface area contributed by atoms with Gasteiger partial charge in [-0.3, -0.25) is 0 Å². The first kappa shape index (κ1) is 36.7. The van der Waals surface area contributed by atoms with Crippen molar-refractivity contribution < 1.29 is 24.8 Å². The number of hydrogen-bond donors (Lipinski definition) is 3. The molecule has 1 unspecified atom stereocenters. The predicted octanol–water partition coefficient (Wildman–Crippen LogP) is 8.71. The zero-order chi connectivity index (χ0) is 31.3. The Morgan fingerprint density at radius 3 is 1.57 bits per heavy atom. The molecule has 2 aromatic rings. The Kier molecular flexibility index (Phi) is 18.3. The SMILES string of the molecule is CCCCCCCCCCCCCCCCCCCC1O[C@H](CO)[C@H](O)[C@@](O)(Cc2ccccc2)[C@H]1OCc1ccccc1. The molecular formula is C39H62O5. The summed E-state index contributed by atoms with van der Waals surface area (Å²) >= 11 is 0. The van der Waals surface area contributed by atoms with Crippen molar-refractivity contribution in [2.24, 2.45) is 0 Å². The van der Waals surface area contributed by atoms with Crippen LogP contribution in [0.25, 0.3) is 0 Å². The third-order valence-electron chi connectivity index (χ3n) is 9.42. The van der Waals surface area contributed by atoms with Gasteiger partial charge in [0.2, 0.25) is 0 Å². The molecule has 248 valence electrons. The van der Waals surface area contributed by atoms with Crippen molar-refractivity contribution in [3.05, 3.63) is 71.8 Å². The highest BCUT2D eigenvalue weighted by Crippen LogP contribution is 2.37.